The van der Waals surface area contributed by atoms with E-state index in [0.29, 0.717) is 25.3 Å². The summed E-state index contributed by atoms with van der Waals surface area (Å²) in [6.07, 6.45) is 2.57. The van der Waals surface area contributed by atoms with Gasteiger partial charge in [-0.25, -0.2) is 14.2 Å². The number of carbonyl (C=O) groups excluding carboxylic acids is 1. The molecule has 0 saturated carbocycles. The van der Waals surface area contributed by atoms with Gasteiger partial charge in [0.2, 0.25) is 0 Å². The molecule has 3 atom stereocenters. The van der Waals surface area contributed by atoms with Gasteiger partial charge in [0.05, 0.1) is 24.0 Å². The number of nitrogens with one attached hydrogen (secondary N) is 3. The highest BCUT2D eigenvalue weighted by Gasteiger charge is 2.47. The number of halogens is 1. The van der Waals surface area contributed by atoms with Crippen LogP contribution in [0.2, 0.25) is 0 Å². The summed E-state index contributed by atoms with van der Waals surface area (Å²) in [5.74, 6) is -1.07. The lowest BCUT2D eigenvalue weighted by Gasteiger charge is -2.46. The van der Waals surface area contributed by atoms with Gasteiger partial charge in [0.25, 0.3) is 0 Å². The Hall–Kier alpha value is -2.70. The number of fused-ring (bicyclic) bond motifs is 1. The number of nitrogens with zero attached hydrogens (tertiary/aromatic N) is 5. The fraction of sp³-hybridized carbons (Fsp3) is 0.708. The van der Waals surface area contributed by atoms with Gasteiger partial charge in [0, 0.05) is 57.4 Å². The Balaban J connectivity index is 1.48. The summed E-state index contributed by atoms with van der Waals surface area (Å²) in [7, 11) is 1.72. The molecule has 200 valence electrons. The molecule has 0 bridgehead atoms. The largest absolute Gasteiger partial charge is 0.385 e. The maximum Gasteiger partial charge on any atom is 0.321 e. The first-order chi connectivity index (χ1) is 17.0. The van der Waals surface area contributed by atoms with Gasteiger partial charge in [-0.3, -0.25) is 15.7 Å². The predicted octanol–water partition coefficient (Wildman–Crippen LogP) is 2.26. The molecule has 5 N–H and O–H groups in total. The molecule has 12 heteroatoms. The average Bonchev–Trinajstić information content (AvgIpc) is 3.36. The standard InChI is InChI=1S/C24H40FN9O2/c1-7-24(26)27-11-18(25)21(29-24)28-20-17-14-34(23(4,5)19(17)30-31-20)22(35)33-13-15(2)32(12-16(33)3)9-8-10-36-6/h11,15-16,29H,7-10,12-14,26H2,1-6H3,(H2,28,30,31)/t15-,16+,24?/m1/s1. The van der Waals surface area contributed by atoms with Crippen LogP contribution in [0.15, 0.2) is 16.6 Å². The molecule has 0 spiro atoms. The molecule has 2 amide bonds. The SMILES string of the molecule is CCC1(N)N=CC(F)=C(Nc2n[nH]c3c2CN(C(=O)N2C[C@@H](C)N(CCCOC)C[C@@H]2C)C3(C)C)N1. The van der Waals surface area contributed by atoms with Crippen molar-refractivity contribution in [1.29, 1.82) is 0 Å². The van der Waals surface area contributed by atoms with E-state index < -0.39 is 17.2 Å². The van der Waals surface area contributed by atoms with E-state index in [9.17, 15) is 9.18 Å². The van der Waals surface area contributed by atoms with Crippen LogP contribution in [-0.2, 0) is 16.8 Å². The van der Waals surface area contributed by atoms with E-state index in [1.165, 1.54) is 0 Å². The second kappa shape index (κ2) is 9.98. The van der Waals surface area contributed by atoms with Crippen molar-refractivity contribution in [2.45, 2.75) is 77.4 Å². The fourth-order valence-electron chi connectivity index (χ4n) is 5.20. The van der Waals surface area contributed by atoms with Gasteiger partial charge < -0.3 is 25.2 Å². The number of nitrogens with two attached hydrogens (primary N) is 1. The lowest BCUT2D eigenvalue weighted by Crippen LogP contribution is -2.61. The third-order valence-corrected chi connectivity index (χ3v) is 7.63. The zero-order valence-corrected chi connectivity index (χ0v) is 22.2. The molecule has 4 rings (SSSR count). The number of anilines is 1. The maximum absolute atomic E-state index is 14.5. The lowest BCUT2D eigenvalue weighted by atomic mass is 10.0. The number of H-pyrrole nitrogens is 1. The molecule has 1 fully saturated rings. The smallest absolute Gasteiger partial charge is 0.321 e. The fourth-order valence-corrected chi connectivity index (χ4v) is 5.20. The third-order valence-electron chi connectivity index (χ3n) is 7.63. The molecule has 4 heterocycles. The van der Waals surface area contributed by atoms with Crippen LogP contribution in [0.3, 0.4) is 0 Å². The van der Waals surface area contributed by atoms with Gasteiger partial charge in [-0.2, -0.15) is 5.10 Å². The lowest BCUT2D eigenvalue weighted by molar-refractivity contribution is 0.0315. The number of urea groups is 1. The number of amides is 2. The number of rotatable bonds is 7. The number of aromatic amines is 1. The number of ether oxygens (including phenoxy) is 1. The van der Waals surface area contributed by atoms with Crippen LogP contribution in [0.5, 0.6) is 0 Å². The Morgan fingerprint density at radius 1 is 1.33 bits per heavy atom. The summed E-state index contributed by atoms with van der Waals surface area (Å²) in [6, 6.07) is 0.332. The maximum atomic E-state index is 14.5. The second-order valence-corrected chi connectivity index (χ2v) is 10.6. The van der Waals surface area contributed by atoms with Crippen molar-refractivity contribution in [2.24, 2.45) is 10.7 Å². The summed E-state index contributed by atoms with van der Waals surface area (Å²) in [6.45, 7) is 13.7. The van der Waals surface area contributed by atoms with Crippen LogP contribution < -0.4 is 16.4 Å². The van der Waals surface area contributed by atoms with E-state index in [1.807, 2.05) is 30.6 Å². The molecule has 1 saturated heterocycles. The molecule has 0 aliphatic carbocycles. The van der Waals surface area contributed by atoms with Crippen molar-refractivity contribution in [1.82, 2.24) is 30.2 Å². The number of hydrogen-bond donors (Lipinski definition) is 4. The summed E-state index contributed by atoms with van der Waals surface area (Å²) in [5.41, 5.74) is 7.22. The number of carbonyl (C=O) groups is 1. The Labute approximate surface area is 212 Å². The van der Waals surface area contributed by atoms with Gasteiger partial charge in [-0.05, 0) is 34.1 Å². The Bertz CT molecular complexity index is 1040. The second-order valence-electron chi connectivity index (χ2n) is 10.6. The topological polar surface area (TPSA) is 127 Å². The van der Waals surface area contributed by atoms with E-state index in [4.69, 9.17) is 10.5 Å². The zero-order chi connectivity index (χ0) is 26.3. The van der Waals surface area contributed by atoms with E-state index in [1.54, 1.807) is 7.11 Å². The monoisotopic (exact) mass is 505 g/mol. The summed E-state index contributed by atoms with van der Waals surface area (Å²) >= 11 is 0. The average molecular weight is 506 g/mol. The minimum absolute atomic E-state index is 0.00767. The van der Waals surface area contributed by atoms with Crippen molar-refractivity contribution in [3.05, 3.63) is 22.9 Å². The zero-order valence-electron chi connectivity index (χ0n) is 22.2. The van der Waals surface area contributed by atoms with Crippen LogP contribution in [0.4, 0.5) is 15.0 Å². The van der Waals surface area contributed by atoms with Crippen molar-refractivity contribution < 1.29 is 13.9 Å². The Morgan fingerprint density at radius 2 is 2.08 bits per heavy atom. The molecular weight excluding hydrogens is 465 g/mol. The molecule has 0 aromatic carbocycles. The van der Waals surface area contributed by atoms with Gasteiger partial charge in [-0.15, -0.1) is 0 Å². The number of hydrogen-bond acceptors (Lipinski definition) is 8. The summed E-state index contributed by atoms with van der Waals surface area (Å²) < 4.78 is 19.7. The Kier molecular flexibility index (Phi) is 7.31. The molecule has 36 heavy (non-hydrogen) atoms. The first kappa shape index (κ1) is 26.4. The minimum atomic E-state index is -1.09. The highest BCUT2D eigenvalue weighted by Crippen LogP contribution is 2.42. The first-order valence-electron chi connectivity index (χ1n) is 12.7. The van der Waals surface area contributed by atoms with Crippen LogP contribution >= 0.6 is 0 Å². The minimum Gasteiger partial charge on any atom is -0.385 e. The number of piperazine rings is 1. The van der Waals surface area contributed by atoms with Crippen LogP contribution in [0.25, 0.3) is 0 Å². The summed E-state index contributed by atoms with van der Waals surface area (Å²) in [4.78, 5) is 24.1. The highest BCUT2D eigenvalue weighted by atomic mass is 19.1. The number of allylic oxidation sites excluding steroid dienone is 1. The molecule has 3 aliphatic rings. The number of methoxy groups -OCH3 is 1. The van der Waals surface area contributed by atoms with Crippen molar-refractivity contribution in [3.63, 3.8) is 0 Å². The Morgan fingerprint density at radius 3 is 2.78 bits per heavy atom. The van der Waals surface area contributed by atoms with Gasteiger partial charge in [-0.1, -0.05) is 6.92 Å². The van der Waals surface area contributed by atoms with E-state index in [0.717, 1.165) is 43.6 Å². The van der Waals surface area contributed by atoms with Crippen molar-refractivity contribution >= 4 is 18.1 Å². The van der Waals surface area contributed by atoms with Gasteiger partial charge in [0.15, 0.2) is 17.4 Å². The molecule has 0 radical (unpaired) electrons. The normalized spacial score (nSPS) is 27.9. The number of aliphatic imine (C=N–C) groups is 1. The van der Waals surface area contributed by atoms with Crippen molar-refractivity contribution in [2.75, 3.05) is 38.7 Å². The molecule has 3 aliphatic heterocycles. The molecule has 1 unspecified atom stereocenters. The van der Waals surface area contributed by atoms with Gasteiger partial charge in [0.1, 0.15) is 5.82 Å². The highest BCUT2D eigenvalue weighted by molar-refractivity contribution is 5.80. The molecule has 11 nitrogen and oxygen atoms in total. The molecular formula is C24H40FN9O2. The van der Waals surface area contributed by atoms with Crippen molar-refractivity contribution in [3.8, 4) is 0 Å². The molecule has 1 aromatic rings. The van der Waals surface area contributed by atoms with Crippen LogP contribution in [0.1, 0.15) is 58.7 Å². The van der Waals surface area contributed by atoms with E-state index in [2.05, 4.69) is 44.6 Å². The predicted molar refractivity (Wildman–Crippen MR) is 137 cm³/mol. The molecule has 1 aromatic heterocycles. The number of aromatic nitrogens is 2. The third kappa shape index (κ3) is 4.81. The first-order valence-corrected chi connectivity index (χ1v) is 12.7. The van der Waals surface area contributed by atoms with Crippen LogP contribution in [0, 0.1) is 0 Å². The van der Waals surface area contributed by atoms with Crippen LogP contribution in [-0.4, -0.2) is 88.4 Å². The quantitative estimate of drug-likeness (QED) is 0.419. The van der Waals surface area contributed by atoms with E-state index in [-0.39, 0.29) is 23.9 Å². The van der Waals surface area contributed by atoms with Gasteiger partial charge >= 0.3 is 6.03 Å². The summed E-state index contributed by atoms with van der Waals surface area (Å²) in [5, 5.41) is 13.4. The van der Waals surface area contributed by atoms with E-state index >= 15 is 0 Å².